The first kappa shape index (κ1) is 35.2. The van der Waals surface area contributed by atoms with Crippen LogP contribution in [0.2, 0.25) is 0 Å². The number of likely N-dealkylation sites (N-methyl/N-ethyl adjacent to an activating group) is 1. The number of allylic oxidation sites excluding steroid dienone is 1. The zero-order chi connectivity index (χ0) is 34.0. The molecule has 47 heavy (non-hydrogen) atoms. The molecule has 3 aromatic carbocycles. The monoisotopic (exact) mass is 682 g/mol. The van der Waals surface area contributed by atoms with Crippen LogP contribution in [0.3, 0.4) is 0 Å². The molecule has 3 amide bonds. The maximum Gasteiger partial charge on any atom is 0.346 e. The normalized spacial score (nSPS) is 18.5. The number of rotatable bonds is 10. The smallest absolute Gasteiger partial charge is 0.346 e. The molecule has 13 nitrogen and oxygen atoms in total. The number of benzene rings is 3. The highest BCUT2D eigenvalue weighted by Gasteiger charge is 2.53. The molecule has 2 bridgehead atoms. The zero-order valence-corrected chi connectivity index (χ0v) is 27.7. The van der Waals surface area contributed by atoms with Crippen LogP contribution in [-0.2, 0) is 33.8 Å². The molecular weight excluding hydrogens is 647 g/mol. The van der Waals surface area contributed by atoms with E-state index in [0.29, 0.717) is 5.06 Å². The molecule has 2 aliphatic heterocycles. The number of urea groups is 1. The summed E-state index contributed by atoms with van der Waals surface area (Å²) in [6.45, 7) is 1.51. The van der Waals surface area contributed by atoms with Gasteiger partial charge in [0, 0.05) is 13.5 Å². The van der Waals surface area contributed by atoms with E-state index in [-0.39, 0.29) is 18.7 Å². The Balaban J connectivity index is 0.000000214. The van der Waals surface area contributed by atoms with Gasteiger partial charge in [-0.15, -0.1) is 0 Å². The number of hydrogen-bond acceptors (Lipinski definition) is 10. The number of carbonyl (C=O) groups is 3. The molecule has 5 rings (SSSR count). The standard InChI is InChI=1S/C21H20P.C11H16N4O9S/c1-2-18-22(19-12-6-3-7-13-19,20-14-8-4-9-15-20)21-16-10-5-11-17-21;1-12-9(16)5-23-13-6-3-7(10(17)22-2)14-4-8(6)15(11(14)18)24-25(19,20)21/h2-18H,1H3;7-8H,3-5H2,1-2H3,(H,12,16)(H,19,20,21)/q+1;/p-1/t;7-,8-/m.0/s1. The zero-order valence-electron chi connectivity index (χ0n) is 26.0. The highest BCUT2D eigenvalue weighted by atomic mass is 32.3. The van der Waals surface area contributed by atoms with E-state index in [1.165, 1.54) is 23.0 Å². The lowest BCUT2D eigenvalue weighted by Gasteiger charge is -2.28. The second-order valence-corrected chi connectivity index (χ2v) is 14.5. The third kappa shape index (κ3) is 8.22. The molecule has 15 heteroatoms. The number of methoxy groups -OCH3 is 1. The number of nitrogens with zero attached hydrogens (tertiary/aromatic N) is 3. The summed E-state index contributed by atoms with van der Waals surface area (Å²) in [4.78, 5) is 41.0. The molecular formula is C32H35N4O9PS. The number of piperidine rings is 1. The molecule has 1 N–H and O–H groups in total. The van der Waals surface area contributed by atoms with Gasteiger partial charge < -0.3 is 24.3 Å². The summed E-state index contributed by atoms with van der Waals surface area (Å²) in [6.07, 6.45) is 2.05. The average molecular weight is 683 g/mol. The van der Waals surface area contributed by atoms with E-state index in [2.05, 4.69) is 129 Å². The second kappa shape index (κ2) is 15.8. The fraction of sp³-hybridized carbons (Fsp3) is 0.250. The lowest BCUT2D eigenvalue weighted by Crippen LogP contribution is -2.49. The van der Waals surface area contributed by atoms with Gasteiger partial charge in [-0.25, -0.2) is 18.0 Å². The molecule has 0 spiro atoms. The Morgan fingerprint density at radius 2 is 1.49 bits per heavy atom. The average Bonchev–Trinajstić information content (AvgIpc) is 3.35. The van der Waals surface area contributed by atoms with Crippen LogP contribution in [0.15, 0.2) is 108 Å². The van der Waals surface area contributed by atoms with Gasteiger partial charge in [0.2, 0.25) is 10.4 Å². The first-order valence-electron chi connectivity index (χ1n) is 14.5. The van der Waals surface area contributed by atoms with Crippen molar-refractivity contribution in [3.05, 3.63) is 103 Å². The van der Waals surface area contributed by atoms with Crippen LogP contribution in [0.25, 0.3) is 0 Å². The Bertz CT molecular complexity index is 1610. The van der Waals surface area contributed by atoms with Crippen LogP contribution < -0.4 is 21.2 Å². The van der Waals surface area contributed by atoms with Gasteiger partial charge >= 0.3 is 12.0 Å². The molecule has 2 heterocycles. The Labute approximate surface area is 274 Å². The Morgan fingerprint density at radius 3 is 1.91 bits per heavy atom. The second-order valence-electron chi connectivity index (χ2n) is 10.2. The van der Waals surface area contributed by atoms with Gasteiger partial charge in [0.25, 0.3) is 5.91 Å². The van der Waals surface area contributed by atoms with Crippen molar-refractivity contribution in [3.63, 3.8) is 0 Å². The molecule has 2 aliphatic rings. The topological polar surface area (TPSA) is 167 Å². The van der Waals surface area contributed by atoms with Crippen LogP contribution in [0.1, 0.15) is 13.3 Å². The van der Waals surface area contributed by atoms with Crippen molar-refractivity contribution in [3.8, 4) is 0 Å². The first-order chi connectivity index (χ1) is 22.6. The summed E-state index contributed by atoms with van der Waals surface area (Å²) in [5, 5.41) is 10.5. The quantitative estimate of drug-likeness (QED) is 0.111. The lowest BCUT2D eigenvalue weighted by molar-refractivity contribution is -0.145. The van der Waals surface area contributed by atoms with Crippen LogP contribution in [-0.4, -0.2) is 85.9 Å². The SMILES string of the molecule is CC=C[P+](c1ccccc1)(c1ccccc1)c1ccccc1.CNC(=O)CON=C1C[C@@H](C(=O)OC)N2C[C@@H]1N(OS(=O)(=O)[O-])C2=O. The highest BCUT2D eigenvalue weighted by molar-refractivity contribution is 7.98. The fourth-order valence-corrected chi connectivity index (χ4v) is 9.48. The molecule has 0 radical (unpaired) electrons. The molecule has 0 aliphatic carbocycles. The molecule has 2 atom stereocenters. The Kier molecular flexibility index (Phi) is 11.8. The molecule has 0 unspecified atom stereocenters. The van der Waals surface area contributed by atoms with Gasteiger partial charge in [-0.1, -0.05) is 65.8 Å². The minimum absolute atomic E-state index is 0.0463. The van der Waals surface area contributed by atoms with Crippen LogP contribution in [0, 0.1) is 0 Å². The van der Waals surface area contributed by atoms with Gasteiger partial charge in [-0.3, -0.25) is 4.79 Å². The summed E-state index contributed by atoms with van der Waals surface area (Å²) in [6, 6.07) is 29.5. The van der Waals surface area contributed by atoms with Crippen LogP contribution in [0.4, 0.5) is 4.79 Å². The summed E-state index contributed by atoms with van der Waals surface area (Å²) >= 11 is 0. The van der Waals surface area contributed by atoms with E-state index in [0.717, 1.165) is 12.0 Å². The number of hydroxylamine groups is 2. The minimum Gasteiger partial charge on any atom is -0.724 e. The van der Waals surface area contributed by atoms with Gasteiger partial charge in [-0.05, 0) is 43.3 Å². The van der Waals surface area contributed by atoms with Crippen molar-refractivity contribution >= 4 is 57.2 Å². The molecule has 248 valence electrons. The predicted molar refractivity (Wildman–Crippen MR) is 176 cm³/mol. The Morgan fingerprint density at radius 1 is 0.979 bits per heavy atom. The third-order valence-corrected chi connectivity index (χ3v) is 11.8. The van der Waals surface area contributed by atoms with E-state index >= 15 is 0 Å². The largest absolute Gasteiger partial charge is 0.724 e. The predicted octanol–water partition coefficient (Wildman–Crippen LogP) is 2.06. The Hall–Kier alpha value is -4.62. The fourth-order valence-electron chi connectivity index (χ4n) is 5.34. The van der Waals surface area contributed by atoms with Gasteiger partial charge in [0.05, 0.1) is 25.2 Å². The third-order valence-electron chi connectivity index (χ3n) is 7.41. The highest BCUT2D eigenvalue weighted by Crippen LogP contribution is 2.56. The summed E-state index contributed by atoms with van der Waals surface area (Å²) in [5.41, 5.74) is 0.0463. The summed E-state index contributed by atoms with van der Waals surface area (Å²) in [5.74, 6) is 1.16. The van der Waals surface area contributed by atoms with E-state index in [9.17, 15) is 27.4 Å². The molecule has 2 fully saturated rings. The number of ether oxygens (including phenoxy) is 1. The van der Waals surface area contributed by atoms with Crippen molar-refractivity contribution in [2.75, 3.05) is 27.3 Å². The summed E-state index contributed by atoms with van der Waals surface area (Å²) in [7, 11) is -4.47. The molecule has 0 aromatic heterocycles. The number of amides is 3. The number of nitrogens with one attached hydrogen (secondary N) is 1. The molecule has 0 saturated carbocycles. The number of carbonyl (C=O) groups excluding carboxylic acids is 3. The minimum atomic E-state index is -5.23. The lowest BCUT2D eigenvalue weighted by atomic mass is 9.99. The maximum atomic E-state index is 12.2. The number of hydrogen-bond donors (Lipinski definition) is 1. The molecule has 2 saturated heterocycles. The maximum absolute atomic E-state index is 12.2. The van der Waals surface area contributed by atoms with E-state index < -0.39 is 54.3 Å². The van der Waals surface area contributed by atoms with Crippen molar-refractivity contribution in [1.82, 2.24) is 15.3 Å². The number of fused-ring (bicyclic) bond motifs is 2. The van der Waals surface area contributed by atoms with Crippen molar-refractivity contribution in [1.29, 1.82) is 0 Å². The van der Waals surface area contributed by atoms with Gasteiger partial charge in [0.15, 0.2) is 6.61 Å². The molecule has 3 aromatic rings. The summed E-state index contributed by atoms with van der Waals surface area (Å²) < 4.78 is 41.3. The van der Waals surface area contributed by atoms with Crippen molar-refractivity contribution in [2.24, 2.45) is 5.16 Å². The van der Waals surface area contributed by atoms with E-state index in [4.69, 9.17) is 4.84 Å². The van der Waals surface area contributed by atoms with Crippen LogP contribution in [0.5, 0.6) is 0 Å². The number of oxime groups is 1. The van der Waals surface area contributed by atoms with Crippen molar-refractivity contribution in [2.45, 2.75) is 25.4 Å². The van der Waals surface area contributed by atoms with Gasteiger partial charge in [-0.2, -0.15) is 9.35 Å². The van der Waals surface area contributed by atoms with E-state index in [1.807, 2.05) is 0 Å². The van der Waals surface area contributed by atoms with Crippen LogP contribution >= 0.6 is 7.26 Å². The van der Waals surface area contributed by atoms with E-state index in [1.54, 1.807) is 0 Å². The van der Waals surface area contributed by atoms with Gasteiger partial charge in [0.1, 0.15) is 35.3 Å². The number of esters is 1. The first-order valence-corrected chi connectivity index (χ1v) is 17.7. The van der Waals surface area contributed by atoms with Crippen molar-refractivity contribution < 1.29 is 41.2 Å².